The van der Waals surface area contributed by atoms with E-state index in [1.807, 2.05) is 21.5 Å². The van der Waals surface area contributed by atoms with E-state index in [0.717, 1.165) is 0 Å². The van der Waals surface area contributed by atoms with E-state index < -0.39 is 0 Å². The molecule has 4 nitrogen and oxygen atoms in total. The lowest BCUT2D eigenvalue weighted by atomic mass is 10.1. The number of ether oxygens (including phenoxy) is 1. The van der Waals surface area contributed by atoms with Gasteiger partial charge in [-0.25, -0.2) is 13.9 Å². The van der Waals surface area contributed by atoms with Gasteiger partial charge in [-0.15, -0.1) is 0 Å². The number of carbonyl (C=O) groups excluding carboxylic acids is 1. The van der Waals surface area contributed by atoms with Gasteiger partial charge in [0.25, 0.3) is 0 Å². The van der Waals surface area contributed by atoms with Gasteiger partial charge in [0.2, 0.25) is 0 Å². The van der Waals surface area contributed by atoms with E-state index in [2.05, 4.69) is 41.5 Å². The number of esters is 1. The van der Waals surface area contributed by atoms with Gasteiger partial charge >= 0.3 is 11.8 Å². The lowest BCUT2D eigenvalue weighted by Crippen LogP contribution is -2.54. The predicted octanol–water partition coefficient (Wildman–Crippen LogP) is 2.07. The van der Waals surface area contributed by atoms with Crippen LogP contribution in [0, 0.1) is 0 Å². The number of hydrogen-bond donors (Lipinski definition) is 0. The van der Waals surface area contributed by atoms with E-state index in [-0.39, 0.29) is 17.0 Å². The number of aromatic nitrogens is 2. The third-order valence-electron chi connectivity index (χ3n) is 2.63. The normalized spacial score (nSPS) is 12.6. The average Bonchev–Trinajstić information content (AvgIpc) is 2.58. The van der Waals surface area contributed by atoms with Gasteiger partial charge in [0.1, 0.15) is 23.5 Å². The van der Waals surface area contributed by atoms with Crippen LogP contribution in [0.5, 0.6) is 0 Å². The molecular weight excluding hydrogens is 216 g/mol. The second-order valence-electron chi connectivity index (χ2n) is 6.19. The second-order valence-corrected chi connectivity index (χ2v) is 6.19. The average molecular weight is 239 g/mol. The van der Waals surface area contributed by atoms with Crippen LogP contribution in [0.1, 0.15) is 52.2 Å². The molecule has 0 unspecified atom stereocenters. The quantitative estimate of drug-likeness (QED) is 0.555. The molecule has 0 aliphatic heterocycles. The molecule has 96 valence electrons. The highest BCUT2D eigenvalue weighted by Gasteiger charge is 2.36. The van der Waals surface area contributed by atoms with Gasteiger partial charge in [-0.2, -0.15) is 0 Å². The van der Waals surface area contributed by atoms with E-state index in [1.54, 1.807) is 0 Å². The first-order chi connectivity index (χ1) is 7.59. The minimum atomic E-state index is -0.306. The number of imidazole rings is 1. The van der Waals surface area contributed by atoms with Crippen molar-refractivity contribution >= 4 is 5.97 Å². The first kappa shape index (κ1) is 13.7. The standard InChI is InChI=1S/C13H23N2O2/c1-12(2,3)14-8-9-15(13(4,5)6)10(14)11(16)17-7/h8-9H,1-7H3/q+1. The third-order valence-corrected chi connectivity index (χ3v) is 2.63. The molecule has 0 saturated carbocycles. The van der Waals surface area contributed by atoms with Crippen LogP contribution < -0.4 is 4.57 Å². The summed E-state index contributed by atoms with van der Waals surface area (Å²) in [7, 11) is 1.41. The molecule has 0 radical (unpaired) electrons. The van der Waals surface area contributed by atoms with Crippen molar-refractivity contribution in [3.05, 3.63) is 18.2 Å². The molecule has 4 heteroatoms. The molecular formula is C13H23N2O2+. The highest BCUT2D eigenvalue weighted by Crippen LogP contribution is 2.18. The van der Waals surface area contributed by atoms with Gasteiger partial charge in [-0.1, -0.05) is 0 Å². The number of methoxy groups -OCH3 is 1. The molecule has 0 aliphatic rings. The monoisotopic (exact) mass is 239 g/mol. The highest BCUT2D eigenvalue weighted by molar-refractivity contribution is 5.84. The van der Waals surface area contributed by atoms with Crippen molar-refractivity contribution in [2.75, 3.05) is 7.11 Å². The molecule has 0 aliphatic carbocycles. The fraction of sp³-hybridized carbons (Fsp3) is 0.692. The molecule has 0 atom stereocenters. The minimum Gasteiger partial charge on any atom is -0.460 e. The number of nitrogens with zero attached hydrogens (tertiary/aromatic N) is 2. The van der Waals surface area contributed by atoms with Crippen LogP contribution in [0.2, 0.25) is 0 Å². The summed E-state index contributed by atoms with van der Waals surface area (Å²) in [5, 5.41) is 0. The van der Waals surface area contributed by atoms with Crippen molar-refractivity contribution in [2.24, 2.45) is 0 Å². The summed E-state index contributed by atoms with van der Waals surface area (Å²) in [5.74, 6) is 0.271. The summed E-state index contributed by atoms with van der Waals surface area (Å²) in [5.41, 5.74) is -0.306. The van der Waals surface area contributed by atoms with Crippen molar-refractivity contribution in [3.8, 4) is 0 Å². The third kappa shape index (κ3) is 2.68. The lowest BCUT2D eigenvalue weighted by Gasteiger charge is -2.20. The van der Waals surface area contributed by atoms with Gasteiger partial charge in [0.05, 0.1) is 7.11 Å². The van der Waals surface area contributed by atoms with E-state index in [0.29, 0.717) is 5.82 Å². The number of hydrogen-bond acceptors (Lipinski definition) is 2. The Bertz CT molecular complexity index is 388. The van der Waals surface area contributed by atoms with Crippen LogP contribution in [0.15, 0.2) is 12.4 Å². The second kappa shape index (κ2) is 4.17. The molecule has 1 aromatic rings. The van der Waals surface area contributed by atoms with E-state index >= 15 is 0 Å². The van der Waals surface area contributed by atoms with Crippen LogP contribution in [-0.4, -0.2) is 17.6 Å². The number of rotatable bonds is 1. The van der Waals surface area contributed by atoms with Crippen molar-refractivity contribution in [2.45, 2.75) is 52.6 Å². The minimum absolute atomic E-state index is 0.153. The SMILES string of the molecule is COC(=O)c1n(C(C)(C)C)cc[n+]1C(C)(C)C. The first-order valence-electron chi connectivity index (χ1n) is 5.81. The summed E-state index contributed by atoms with van der Waals surface area (Å²) in [4.78, 5) is 11.9. The Hall–Kier alpha value is -1.32. The van der Waals surface area contributed by atoms with Gasteiger partial charge in [-0.05, 0) is 41.5 Å². The largest absolute Gasteiger partial charge is 0.460 e. The summed E-state index contributed by atoms with van der Waals surface area (Å²) in [6.45, 7) is 12.4. The molecule has 0 amide bonds. The Morgan fingerprint density at radius 1 is 1.24 bits per heavy atom. The maximum atomic E-state index is 11.9. The number of carbonyl (C=O) groups is 1. The molecule has 1 aromatic heterocycles. The summed E-state index contributed by atoms with van der Waals surface area (Å²) >= 11 is 0. The Morgan fingerprint density at radius 2 is 1.76 bits per heavy atom. The highest BCUT2D eigenvalue weighted by atomic mass is 16.5. The molecule has 0 spiro atoms. The Morgan fingerprint density at radius 3 is 2.12 bits per heavy atom. The van der Waals surface area contributed by atoms with Gasteiger partial charge in [0, 0.05) is 0 Å². The van der Waals surface area contributed by atoms with Crippen molar-refractivity contribution < 1.29 is 14.1 Å². The Labute approximate surface area is 103 Å². The van der Waals surface area contributed by atoms with Crippen LogP contribution in [0.3, 0.4) is 0 Å². The first-order valence-corrected chi connectivity index (χ1v) is 5.81. The van der Waals surface area contributed by atoms with Crippen LogP contribution in [0.4, 0.5) is 0 Å². The molecule has 0 saturated heterocycles. The summed E-state index contributed by atoms with van der Waals surface area (Å²) in [6, 6.07) is 0. The van der Waals surface area contributed by atoms with Crippen molar-refractivity contribution in [1.82, 2.24) is 4.57 Å². The summed E-state index contributed by atoms with van der Waals surface area (Å²) in [6.07, 6.45) is 3.86. The van der Waals surface area contributed by atoms with Crippen LogP contribution in [0.25, 0.3) is 0 Å². The molecule has 1 rings (SSSR count). The van der Waals surface area contributed by atoms with Gasteiger partial charge < -0.3 is 4.74 Å². The van der Waals surface area contributed by atoms with E-state index in [1.165, 1.54) is 7.11 Å². The molecule has 1 heterocycles. The topological polar surface area (TPSA) is 35.1 Å². The van der Waals surface area contributed by atoms with Gasteiger partial charge in [-0.3, -0.25) is 0 Å². The van der Waals surface area contributed by atoms with Crippen molar-refractivity contribution in [1.29, 1.82) is 0 Å². The van der Waals surface area contributed by atoms with Gasteiger partial charge in [0.15, 0.2) is 0 Å². The lowest BCUT2D eigenvalue weighted by molar-refractivity contribution is -0.755. The zero-order valence-electron chi connectivity index (χ0n) is 11.9. The zero-order valence-corrected chi connectivity index (χ0v) is 11.9. The Kier molecular flexibility index (Phi) is 3.37. The molecule has 0 aromatic carbocycles. The molecule has 17 heavy (non-hydrogen) atoms. The van der Waals surface area contributed by atoms with Crippen LogP contribution in [-0.2, 0) is 15.8 Å². The molecule has 0 N–H and O–H groups in total. The van der Waals surface area contributed by atoms with Crippen molar-refractivity contribution in [3.63, 3.8) is 0 Å². The van der Waals surface area contributed by atoms with Crippen LogP contribution >= 0.6 is 0 Å². The smallest absolute Gasteiger partial charge is 0.421 e. The van der Waals surface area contributed by atoms with E-state index in [4.69, 9.17) is 4.74 Å². The summed E-state index contributed by atoms with van der Waals surface area (Å²) < 4.78 is 8.78. The Balaban J connectivity index is 3.47. The predicted molar refractivity (Wildman–Crippen MR) is 66.0 cm³/mol. The fourth-order valence-electron chi connectivity index (χ4n) is 1.76. The maximum Gasteiger partial charge on any atom is 0.421 e. The maximum absolute atomic E-state index is 11.9. The van der Waals surface area contributed by atoms with E-state index in [9.17, 15) is 4.79 Å². The zero-order chi connectivity index (χ0) is 13.4. The molecule has 0 fully saturated rings. The fourth-order valence-corrected chi connectivity index (χ4v) is 1.76. The molecule has 0 bridgehead atoms.